The summed E-state index contributed by atoms with van der Waals surface area (Å²) in [5.41, 5.74) is 1.49. The molecular formula is C16H23NO3. The zero-order valence-electron chi connectivity index (χ0n) is 12.7. The number of carbonyl (C=O) groups excluding carboxylic acids is 2. The Bertz CT molecular complexity index is 480. The second kappa shape index (κ2) is 7.17. The van der Waals surface area contributed by atoms with Gasteiger partial charge in [0.15, 0.2) is 0 Å². The first kappa shape index (κ1) is 16.3. The van der Waals surface area contributed by atoms with Crippen LogP contribution in [0, 0.1) is 12.3 Å². The Hall–Kier alpha value is -1.71. The molecule has 4 heteroatoms. The van der Waals surface area contributed by atoms with Crippen LogP contribution >= 0.6 is 0 Å². The van der Waals surface area contributed by atoms with E-state index in [4.69, 9.17) is 4.74 Å². The van der Waals surface area contributed by atoms with Crippen molar-refractivity contribution in [1.29, 1.82) is 0 Å². The van der Waals surface area contributed by atoms with E-state index in [1.165, 1.54) is 0 Å². The molecule has 0 atom stereocenters. The molecule has 0 aromatic carbocycles. The standard InChI is InChI=1S/C16H23NO3/c1-5-20-15(19)11-16(3,4)10-14(18)9-13-8-12(2)6-7-17-13/h6-8H,5,9-11H2,1-4H3. The molecule has 0 amide bonds. The number of ketones is 1. The first-order valence-corrected chi connectivity index (χ1v) is 6.91. The van der Waals surface area contributed by atoms with E-state index in [1.54, 1.807) is 13.1 Å². The van der Waals surface area contributed by atoms with Crippen molar-refractivity contribution >= 4 is 11.8 Å². The average Bonchev–Trinajstić information content (AvgIpc) is 2.26. The maximum absolute atomic E-state index is 12.1. The third-order valence-corrected chi connectivity index (χ3v) is 2.95. The minimum atomic E-state index is -0.382. The van der Waals surface area contributed by atoms with Gasteiger partial charge in [0, 0.05) is 24.7 Å². The quantitative estimate of drug-likeness (QED) is 0.719. The van der Waals surface area contributed by atoms with Gasteiger partial charge in [-0.25, -0.2) is 0 Å². The number of nitrogens with zero attached hydrogens (tertiary/aromatic N) is 1. The highest BCUT2D eigenvalue weighted by atomic mass is 16.5. The highest BCUT2D eigenvalue weighted by Crippen LogP contribution is 2.26. The lowest BCUT2D eigenvalue weighted by Gasteiger charge is -2.22. The molecule has 0 fully saturated rings. The van der Waals surface area contributed by atoms with E-state index >= 15 is 0 Å². The second-order valence-electron chi connectivity index (χ2n) is 5.86. The van der Waals surface area contributed by atoms with Gasteiger partial charge in [-0.05, 0) is 37.0 Å². The molecule has 0 radical (unpaired) electrons. The molecule has 1 heterocycles. The lowest BCUT2D eigenvalue weighted by Crippen LogP contribution is -2.23. The van der Waals surface area contributed by atoms with Crippen molar-refractivity contribution in [2.24, 2.45) is 5.41 Å². The number of hydrogen-bond donors (Lipinski definition) is 0. The Morgan fingerprint density at radius 1 is 1.30 bits per heavy atom. The van der Waals surface area contributed by atoms with Crippen LogP contribution < -0.4 is 0 Å². The molecule has 110 valence electrons. The number of ether oxygens (including phenoxy) is 1. The topological polar surface area (TPSA) is 56.3 Å². The number of pyridine rings is 1. The highest BCUT2D eigenvalue weighted by molar-refractivity contribution is 5.82. The van der Waals surface area contributed by atoms with E-state index in [2.05, 4.69) is 4.98 Å². The van der Waals surface area contributed by atoms with E-state index < -0.39 is 0 Å². The summed E-state index contributed by atoms with van der Waals surface area (Å²) in [6.45, 7) is 7.94. The largest absolute Gasteiger partial charge is 0.466 e. The van der Waals surface area contributed by atoms with Crippen molar-refractivity contribution in [3.63, 3.8) is 0 Å². The van der Waals surface area contributed by atoms with Crippen molar-refractivity contribution < 1.29 is 14.3 Å². The molecule has 0 N–H and O–H groups in total. The number of aryl methyl sites for hydroxylation is 1. The van der Waals surface area contributed by atoms with Crippen molar-refractivity contribution in [1.82, 2.24) is 4.98 Å². The maximum Gasteiger partial charge on any atom is 0.306 e. The van der Waals surface area contributed by atoms with Crippen molar-refractivity contribution in [3.8, 4) is 0 Å². The zero-order chi connectivity index (χ0) is 15.2. The third kappa shape index (κ3) is 5.95. The molecule has 0 saturated heterocycles. The molecule has 0 unspecified atom stereocenters. The van der Waals surface area contributed by atoms with Gasteiger partial charge >= 0.3 is 5.97 Å². The summed E-state index contributed by atoms with van der Waals surface area (Å²) in [6, 6.07) is 3.81. The van der Waals surface area contributed by atoms with Gasteiger partial charge in [-0.15, -0.1) is 0 Å². The van der Waals surface area contributed by atoms with Gasteiger partial charge in [-0.3, -0.25) is 14.6 Å². The van der Waals surface area contributed by atoms with Crippen LogP contribution in [0.15, 0.2) is 18.3 Å². The average molecular weight is 277 g/mol. The summed E-state index contributed by atoms with van der Waals surface area (Å²) < 4.78 is 4.93. The first-order valence-electron chi connectivity index (χ1n) is 6.91. The summed E-state index contributed by atoms with van der Waals surface area (Å²) in [7, 11) is 0. The summed E-state index contributed by atoms with van der Waals surface area (Å²) in [6.07, 6.45) is 2.63. The normalized spacial score (nSPS) is 11.2. The number of esters is 1. The summed E-state index contributed by atoms with van der Waals surface area (Å²) in [5.74, 6) is -0.156. The summed E-state index contributed by atoms with van der Waals surface area (Å²) >= 11 is 0. The number of rotatable bonds is 7. The molecule has 0 bridgehead atoms. The Morgan fingerprint density at radius 2 is 2.00 bits per heavy atom. The Morgan fingerprint density at radius 3 is 2.60 bits per heavy atom. The lowest BCUT2D eigenvalue weighted by atomic mass is 9.83. The van der Waals surface area contributed by atoms with Crippen LogP contribution in [-0.2, 0) is 20.7 Å². The molecule has 0 aliphatic heterocycles. The Labute approximate surface area is 120 Å². The second-order valence-corrected chi connectivity index (χ2v) is 5.86. The number of Topliss-reactive ketones (excluding diaryl/α,β-unsaturated/α-hetero) is 1. The van der Waals surface area contributed by atoms with Crippen LogP contribution in [0.4, 0.5) is 0 Å². The van der Waals surface area contributed by atoms with Crippen molar-refractivity contribution in [2.75, 3.05) is 6.61 Å². The molecule has 1 aromatic heterocycles. The molecule has 1 rings (SSSR count). The molecule has 0 spiro atoms. The van der Waals surface area contributed by atoms with E-state index in [0.29, 0.717) is 19.4 Å². The molecule has 20 heavy (non-hydrogen) atoms. The predicted octanol–water partition coefficient (Wildman–Crippen LogP) is 2.87. The third-order valence-electron chi connectivity index (χ3n) is 2.95. The fourth-order valence-corrected chi connectivity index (χ4v) is 2.16. The summed E-state index contributed by atoms with van der Waals surface area (Å²) in [5, 5.41) is 0. The molecular weight excluding hydrogens is 254 g/mol. The monoisotopic (exact) mass is 277 g/mol. The van der Waals surface area contributed by atoms with Crippen LogP contribution in [0.5, 0.6) is 0 Å². The number of aromatic nitrogens is 1. The van der Waals surface area contributed by atoms with Gasteiger partial charge in [-0.1, -0.05) is 13.8 Å². The molecule has 4 nitrogen and oxygen atoms in total. The Balaban J connectivity index is 2.54. The molecule has 0 aliphatic rings. The molecule has 0 saturated carbocycles. The van der Waals surface area contributed by atoms with E-state index in [-0.39, 0.29) is 23.6 Å². The van der Waals surface area contributed by atoms with Crippen LogP contribution in [0.1, 0.15) is 44.9 Å². The van der Waals surface area contributed by atoms with Gasteiger partial charge in [0.2, 0.25) is 0 Å². The van der Waals surface area contributed by atoms with E-state index in [1.807, 2.05) is 32.9 Å². The van der Waals surface area contributed by atoms with Crippen LogP contribution in [-0.4, -0.2) is 23.3 Å². The van der Waals surface area contributed by atoms with Gasteiger partial charge in [0.25, 0.3) is 0 Å². The van der Waals surface area contributed by atoms with Crippen molar-refractivity contribution in [2.45, 2.75) is 47.0 Å². The minimum Gasteiger partial charge on any atom is -0.466 e. The van der Waals surface area contributed by atoms with Gasteiger partial charge < -0.3 is 4.74 Å². The number of hydrogen-bond acceptors (Lipinski definition) is 4. The van der Waals surface area contributed by atoms with Crippen molar-refractivity contribution in [3.05, 3.63) is 29.6 Å². The van der Waals surface area contributed by atoms with E-state index in [0.717, 1.165) is 11.3 Å². The smallest absolute Gasteiger partial charge is 0.306 e. The van der Waals surface area contributed by atoms with Crippen LogP contribution in [0.25, 0.3) is 0 Å². The fraction of sp³-hybridized carbons (Fsp3) is 0.562. The lowest BCUT2D eigenvalue weighted by molar-refractivity contribution is -0.145. The number of carbonyl (C=O) groups is 2. The van der Waals surface area contributed by atoms with Gasteiger partial charge in [-0.2, -0.15) is 0 Å². The van der Waals surface area contributed by atoms with Crippen LogP contribution in [0.2, 0.25) is 0 Å². The first-order chi connectivity index (χ1) is 9.32. The van der Waals surface area contributed by atoms with Gasteiger partial charge in [0.1, 0.15) is 5.78 Å². The van der Waals surface area contributed by atoms with E-state index in [9.17, 15) is 9.59 Å². The van der Waals surface area contributed by atoms with Gasteiger partial charge in [0.05, 0.1) is 13.0 Å². The SMILES string of the molecule is CCOC(=O)CC(C)(C)CC(=O)Cc1cc(C)ccn1. The maximum atomic E-state index is 12.1. The zero-order valence-corrected chi connectivity index (χ0v) is 12.7. The summed E-state index contributed by atoms with van der Waals surface area (Å²) in [4.78, 5) is 27.8. The Kier molecular flexibility index (Phi) is 5.86. The fourth-order valence-electron chi connectivity index (χ4n) is 2.16. The highest BCUT2D eigenvalue weighted by Gasteiger charge is 2.26. The predicted molar refractivity (Wildman–Crippen MR) is 77.3 cm³/mol. The minimum absolute atomic E-state index is 0.0948. The van der Waals surface area contributed by atoms with Crippen LogP contribution in [0.3, 0.4) is 0 Å². The molecule has 1 aromatic rings. The molecule has 0 aliphatic carbocycles.